The molecule has 0 saturated carbocycles. The number of nitriles is 1. The average molecular weight is 408 g/mol. The van der Waals surface area contributed by atoms with E-state index in [-0.39, 0.29) is 10.6 Å². The summed E-state index contributed by atoms with van der Waals surface area (Å²) in [6, 6.07) is 10.6. The molecule has 3 aromatic rings. The SMILES string of the molecule is COC(=O)c1ccc(Cl)c(Cc2cc3c(Cl)cc(C#N)cc3n2C)c1Cl. The molecule has 0 saturated heterocycles. The number of nitrogens with zero attached hydrogens (tertiary/aromatic N) is 2. The molecule has 0 fully saturated rings. The second-order valence-corrected chi connectivity index (χ2v) is 6.95. The molecule has 4 nitrogen and oxygen atoms in total. The molecule has 3 rings (SSSR count). The van der Waals surface area contributed by atoms with Gasteiger partial charge in [0.1, 0.15) is 0 Å². The molecular formula is C19H13Cl3N2O2. The summed E-state index contributed by atoms with van der Waals surface area (Å²) >= 11 is 19.0. The van der Waals surface area contributed by atoms with Gasteiger partial charge >= 0.3 is 5.97 Å². The number of aromatic nitrogens is 1. The molecule has 1 heterocycles. The van der Waals surface area contributed by atoms with Crippen LogP contribution in [0.4, 0.5) is 0 Å². The maximum absolute atomic E-state index is 11.9. The van der Waals surface area contributed by atoms with Crippen LogP contribution in [0.3, 0.4) is 0 Å². The van der Waals surface area contributed by atoms with Crippen molar-refractivity contribution in [3.63, 3.8) is 0 Å². The van der Waals surface area contributed by atoms with E-state index in [0.717, 1.165) is 16.6 Å². The molecule has 1 aromatic heterocycles. The second-order valence-electron chi connectivity index (χ2n) is 5.75. The highest BCUT2D eigenvalue weighted by molar-refractivity contribution is 6.38. The molecule has 26 heavy (non-hydrogen) atoms. The van der Waals surface area contributed by atoms with Gasteiger partial charge in [0.25, 0.3) is 0 Å². The summed E-state index contributed by atoms with van der Waals surface area (Å²) in [5, 5.41) is 11.2. The third-order valence-corrected chi connectivity index (χ3v) is 5.39. The molecule has 2 aromatic carbocycles. The lowest BCUT2D eigenvalue weighted by atomic mass is 10.1. The van der Waals surface area contributed by atoms with Crippen molar-refractivity contribution in [2.45, 2.75) is 6.42 Å². The Balaban J connectivity index is 2.13. The van der Waals surface area contributed by atoms with E-state index in [2.05, 4.69) is 6.07 Å². The fourth-order valence-electron chi connectivity index (χ4n) is 2.88. The normalized spacial score (nSPS) is 10.8. The van der Waals surface area contributed by atoms with Crippen LogP contribution in [0.15, 0.2) is 30.3 Å². The number of methoxy groups -OCH3 is 1. The predicted octanol–water partition coefficient (Wildman–Crippen LogP) is 5.39. The zero-order valence-electron chi connectivity index (χ0n) is 13.9. The number of hydrogen-bond acceptors (Lipinski definition) is 3. The number of benzene rings is 2. The van der Waals surface area contributed by atoms with Gasteiger partial charge in [-0.25, -0.2) is 4.79 Å². The van der Waals surface area contributed by atoms with E-state index in [0.29, 0.717) is 27.6 Å². The second kappa shape index (κ2) is 7.20. The molecule has 0 bridgehead atoms. The van der Waals surface area contributed by atoms with Crippen LogP contribution in [-0.4, -0.2) is 17.6 Å². The van der Waals surface area contributed by atoms with Gasteiger partial charge in [0.2, 0.25) is 0 Å². The Morgan fingerprint density at radius 2 is 1.92 bits per heavy atom. The first-order chi connectivity index (χ1) is 12.4. The lowest BCUT2D eigenvalue weighted by Gasteiger charge is -2.11. The Morgan fingerprint density at radius 3 is 2.58 bits per heavy atom. The van der Waals surface area contributed by atoms with Gasteiger partial charge in [0, 0.05) is 29.6 Å². The van der Waals surface area contributed by atoms with Gasteiger partial charge in [-0.3, -0.25) is 0 Å². The topological polar surface area (TPSA) is 55.0 Å². The van der Waals surface area contributed by atoms with E-state index < -0.39 is 5.97 Å². The summed E-state index contributed by atoms with van der Waals surface area (Å²) in [5.41, 5.74) is 3.10. The smallest absolute Gasteiger partial charge is 0.339 e. The third kappa shape index (κ3) is 3.14. The van der Waals surface area contributed by atoms with Crippen molar-refractivity contribution in [1.29, 1.82) is 5.26 Å². The largest absolute Gasteiger partial charge is 0.465 e. The van der Waals surface area contributed by atoms with Crippen molar-refractivity contribution in [3.05, 3.63) is 67.8 Å². The van der Waals surface area contributed by atoms with E-state index in [4.69, 9.17) is 44.8 Å². The number of aryl methyl sites for hydroxylation is 1. The Hall–Kier alpha value is -2.19. The first-order valence-electron chi connectivity index (χ1n) is 7.60. The van der Waals surface area contributed by atoms with Crippen LogP contribution in [0.25, 0.3) is 10.9 Å². The van der Waals surface area contributed by atoms with Crippen LogP contribution >= 0.6 is 34.8 Å². The van der Waals surface area contributed by atoms with Gasteiger partial charge in [-0.05, 0) is 35.9 Å². The highest BCUT2D eigenvalue weighted by atomic mass is 35.5. The summed E-state index contributed by atoms with van der Waals surface area (Å²) in [6.45, 7) is 0. The van der Waals surface area contributed by atoms with E-state index in [1.165, 1.54) is 13.2 Å². The summed E-state index contributed by atoms with van der Waals surface area (Å²) in [6.07, 6.45) is 0.395. The van der Waals surface area contributed by atoms with Crippen molar-refractivity contribution < 1.29 is 9.53 Å². The van der Waals surface area contributed by atoms with Gasteiger partial charge in [-0.1, -0.05) is 34.8 Å². The molecule has 0 N–H and O–H groups in total. The Morgan fingerprint density at radius 1 is 1.19 bits per heavy atom. The first kappa shape index (κ1) is 18.6. The van der Waals surface area contributed by atoms with Crippen LogP contribution in [0.5, 0.6) is 0 Å². The zero-order chi connectivity index (χ0) is 19.0. The highest BCUT2D eigenvalue weighted by Crippen LogP contribution is 2.34. The van der Waals surface area contributed by atoms with Crippen molar-refractivity contribution in [2.24, 2.45) is 7.05 Å². The maximum Gasteiger partial charge on any atom is 0.339 e. The minimum absolute atomic E-state index is 0.261. The molecule has 0 unspecified atom stereocenters. The van der Waals surface area contributed by atoms with Crippen molar-refractivity contribution in [1.82, 2.24) is 4.57 Å². The number of hydrogen-bond donors (Lipinski definition) is 0. The molecule has 0 radical (unpaired) electrons. The minimum atomic E-state index is -0.522. The van der Waals surface area contributed by atoms with Crippen molar-refractivity contribution in [3.8, 4) is 6.07 Å². The molecule has 0 amide bonds. The fraction of sp³-hybridized carbons (Fsp3) is 0.158. The molecule has 0 aliphatic rings. The van der Waals surface area contributed by atoms with Gasteiger partial charge in [-0.2, -0.15) is 5.26 Å². The van der Waals surface area contributed by atoms with Crippen LogP contribution in [-0.2, 0) is 18.2 Å². The number of rotatable bonds is 3. The number of esters is 1. The molecule has 0 spiro atoms. The highest BCUT2D eigenvalue weighted by Gasteiger charge is 2.19. The molecular weight excluding hydrogens is 395 g/mol. The van der Waals surface area contributed by atoms with E-state index in [1.807, 2.05) is 17.7 Å². The summed E-state index contributed by atoms with van der Waals surface area (Å²) in [4.78, 5) is 11.9. The Bertz CT molecular complexity index is 1080. The number of carbonyl (C=O) groups excluding carboxylic acids is 1. The van der Waals surface area contributed by atoms with Crippen LogP contribution in [0.2, 0.25) is 15.1 Å². The monoisotopic (exact) mass is 406 g/mol. The molecule has 7 heteroatoms. The number of carbonyl (C=O) groups is 1. The fourth-order valence-corrected chi connectivity index (χ4v) is 3.73. The van der Waals surface area contributed by atoms with Crippen LogP contribution in [0, 0.1) is 11.3 Å². The zero-order valence-corrected chi connectivity index (χ0v) is 16.2. The molecule has 0 aliphatic heterocycles. The first-order valence-corrected chi connectivity index (χ1v) is 8.74. The number of halogens is 3. The van der Waals surface area contributed by atoms with Gasteiger partial charge in [0.15, 0.2) is 0 Å². The van der Waals surface area contributed by atoms with Gasteiger partial charge in [0.05, 0.1) is 39.9 Å². The lowest BCUT2D eigenvalue weighted by Crippen LogP contribution is -2.05. The van der Waals surface area contributed by atoms with E-state index in [9.17, 15) is 4.79 Å². The summed E-state index contributed by atoms with van der Waals surface area (Å²) in [7, 11) is 3.17. The molecule has 132 valence electrons. The maximum atomic E-state index is 11.9. The molecule has 0 atom stereocenters. The predicted molar refractivity (Wildman–Crippen MR) is 103 cm³/mol. The molecule has 0 aliphatic carbocycles. The average Bonchev–Trinajstić information content (AvgIpc) is 2.94. The Labute approximate surface area is 165 Å². The van der Waals surface area contributed by atoms with Gasteiger partial charge < -0.3 is 9.30 Å². The Kier molecular flexibility index (Phi) is 5.15. The standard InChI is InChI=1S/C19H13Cl3N2O2/c1-24-11(7-13-16(21)5-10(9-23)6-17(13)24)8-14-15(20)4-3-12(18(14)22)19(25)26-2/h3-7H,8H2,1-2H3. The van der Waals surface area contributed by atoms with Crippen LogP contribution in [0.1, 0.15) is 27.2 Å². The minimum Gasteiger partial charge on any atom is -0.465 e. The lowest BCUT2D eigenvalue weighted by molar-refractivity contribution is 0.0601. The third-order valence-electron chi connectivity index (χ3n) is 4.29. The van der Waals surface area contributed by atoms with E-state index >= 15 is 0 Å². The van der Waals surface area contributed by atoms with E-state index in [1.54, 1.807) is 18.2 Å². The summed E-state index contributed by atoms with van der Waals surface area (Å²) < 4.78 is 6.69. The van der Waals surface area contributed by atoms with Crippen molar-refractivity contribution >= 4 is 51.7 Å². The van der Waals surface area contributed by atoms with Crippen LogP contribution < -0.4 is 0 Å². The number of ether oxygens (including phenoxy) is 1. The quantitative estimate of drug-likeness (QED) is 0.547. The number of fused-ring (bicyclic) bond motifs is 1. The summed E-state index contributed by atoms with van der Waals surface area (Å²) in [5.74, 6) is -0.522. The van der Waals surface area contributed by atoms with Gasteiger partial charge in [-0.15, -0.1) is 0 Å². The van der Waals surface area contributed by atoms with Crippen molar-refractivity contribution in [2.75, 3.05) is 7.11 Å².